The molecule has 2 unspecified atom stereocenters. The zero-order valence-electron chi connectivity index (χ0n) is 9.28. The summed E-state index contributed by atoms with van der Waals surface area (Å²) in [7, 11) is 0. The molecule has 2 heteroatoms. The van der Waals surface area contributed by atoms with Gasteiger partial charge in [-0.15, -0.1) is 0 Å². The Kier molecular flexibility index (Phi) is 3.27. The van der Waals surface area contributed by atoms with Gasteiger partial charge in [-0.25, -0.2) is 0 Å². The Hall–Kier alpha value is -1.02. The van der Waals surface area contributed by atoms with Crippen LogP contribution in [0.25, 0.3) is 0 Å². The van der Waals surface area contributed by atoms with Gasteiger partial charge in [0, 0.05) is 18.2 Å². The third-order valence-electron chi connectivity index (χ3n) is 3.15. The van der Waals surface area contributed by atoms with Gasteiger partial charge in [0.2, 0.25) is 0 Å². The van der Waals surface area contributed by atoms with E-state index in [1.165, 1.54) is 24.8 Å². The standard InChI is InChI=1S/C13H19NO/c1-2-3-12(13-8-9-15-13)10-4-6-11(14)7-5-10/h4-7,12-13H,2-3,8-9,14H2,1H3. The topological polar surface area (TPSA) is 35.2 Å². The van der Waals surface area contributed by atoms with Crippen LogP contribution >= 0.6 is 0 Å². The summed E-state index contributed by atoms with van der Waals surface area (Å²) in [6.07, 6.45) is 4.05. The second-order valence-corrected chi connectivity index (χ2v) is 4.26. The Morgan fingerprint density at radius 2 is 2.07 bits per heavy atom. The molecule has 2 atom stereocenters. The highest BCUT2D eigenvalue weighted by Gasteiger charge is 2.28. The molecule has 2 N–H and O–H groups in total. The smallest absolute Gasteiger partial charge is 0.0665 e. The van der Waals surface area contributed by atoms with Gasteiger partial charge in [0.15, 0.2) is 0 Å². The summed E-state index contributed by atoms with van der Waals surface area (Å²) in [5, 5.41) is 0. The van der Waals surface area contributed by atoms with Crippen molar-refractivity contribution in [3.8, 4) is 0 Å². The van der Waals surface area contributed by atoms with Crippen LogP contribution in [0.2, 0.25) is 0 Å². The number of rotatable bonds is 4. The monoisotopic (exact) mass is 205 g/mol. The molecule has 82 valence electrons. The third kappa shape index (κ3) is 2.32. The van der Waals surface area contributed by atoms with Crippen LogP contribution in [0.4, 0.5) is 5.69 Å². The van der Waals surface area contributed by atoms with E-state index in [2.05, 4.69) is 19.1 Å². The van der Waals surface area contributed by atoms with Gasteiger partial charge >= 0.3 is 0 Å². The highest BCUT2D eigenvalue weighted by Crippen LogP contribution is 2.33. The van der Waals surface area contributed by atoms with E-state index in [1.54, 1.807) is 0 Å². The van der Waals surface area contributed by atoms with Gasteiger partial charge in [-0.1, -0.05) is 25.5 Å². The molecule has 0 aromatic heterocycles. The maximum absolute atomic E-state index is 5.69. The summed E-state index contributed by atoms with van der Waals surface area (Å²) in [5.41, 5.74) is 7.90. The quantitative estimate of drug-likeness (QED) is 0.767. The van der Waals surface area contributed by atoms with Gasteiger partial charge in [0.25, 0.3) is 0 Å². The molecule has 1 fully saturated rings. The average Bonchev–Trinajstić information content (AvgIpc) is 2.16. The van der Waals surface area contributed by atoms with Crippen LogP contribution in [0, 0.1) is 0 Å². The van der Waals surface area contributed by atoms with E-state index in [-0.39, 0.29) is 0 Å². The van der Waals surface area contributed by atoms with Crippen molar-refractivity contribution >= 4 is 5.69 Å². The molecule has 0 bridgehead atoms. The van der Waals surface area contributed by atoms with E-state index in [9.17, 15) is 0 Å². The number of benzene rings is 1. The van der Waals surface area contributed by atoms with Crippen molar-refractivity contribution in [3.05, 3.63) is 29.8 Å². The Morgan fingerprint density at radius 1 is 1.40 bits per heavy atom. The van der Waals surface area contributed by atoms with Gasteiger partial charge in [0.1, 0.15) is 0 Å². The number of hydrogen-bond acceptors (Lipinski definition) is 2. The first-order chi connectivity index (χ1) is 7.31. The molecule has 0 spiro atoms. The van der Waals surface area contributed by atoms with Crippen LogP contribution in [-0.2, 0) is 4.74 Å². The minimum atomic E-state index is 0.438. The molecule has 2 rings (SSSR count). The fourth-order valence-electron chi connectivity index (χ4n) is 2.19. The Balaban J connectivity index is 2.12. The number of ether oxygens (including phenoxy) is 1. The fraction of sp³-hybridized carbons (Fsp3) is 0.538. The van der Waals surface area contributed by atoms with E-state index in [4.69, 9.17) is 10.5 Å². The Bertz CT molecular complexity index is 303. The number of hydrogen-bond donors (Lipinski definition) is 1. The number of nitrogens with two attached hydrogens (primary N) is 1. The summed E-state index contributed by atoms with van der Waals surface area (Å²) in [4.78, 5) is 0. The van der Waals surface area contributed by atoms with Crippen molar-refractivity contribution < 1.29 is 4.74 Å². The van der Waals surface area contributed by atoms with Crippen molar-refractivity contribution in [3.63, 3.8) is 0 Å². The molecule has 0 amide bonds. The van der Waals surface area contributed by atoms with Gasteiger partial charge in [-0.2, -0.15) is 0 Å². The lowest BCUT2D eigenvalue weighted by atomic mass is 9.86. The summed E-state index contributed by atoms with van der Waals surface area (Å²) >= 11 is 0. The highest BCUT2D eigenvalue weighted by molar-refractivity contribution is 5.40. The molecule has 15 heavy (non-hydrogen) atoms. The van der Waals surface area contributed by atoms with Crippen molar-refractivity contribution in [1.82, 2.24) is 0 Å². The normalized spacial score (nSPS) is 22.1. The lowest BCUT2D eigenvalue weighted by Gasteiger charge is -2.34. The highest BCUT2D eigenvalue weighted by atomic mass is 16.5. The Morgan fingerprint density at radius 3 is 2.53 bits per heavy atom. The average molecular weight is 205 g/mol. The van der Waals surface area contributed by atoms with E-state index in [0.717, 1.165) is 12.3 Å². The number of nitrogen functional groups attached to an aromatic ring is 1. The largest absolute Gasteiger partial charge is 0.399 e. The SMILES string of the molecule is CCCC(c1ccc(N)cc1)C1CCO1. The lowest BCUT2D eigenvalue weighted by molar-refractivity contribution is -0.0676. The molecule has 2 nitrogen and oxygen atoms in total. The van der Waals surface area contributed by atoms with Gasteiger partial charge < -0.3 is 10.5 Å². The van der Waals surface area contributed by atoms with E-state index >= 15 is 0 Å². The molecule has 1 heterocycles. The van der Waals surface area contributed by atoms with Gasteiger partial charge in [-0.3, -0.25) is 0 Å². The van der Waals surface area contributed by atoms with Crippen molar-refractivity contribution in [1.29, 1.82) is 0 Å². The maximum Gasteiger partial charge on any atom is 0.0665 e. The molecule has 1 aliphatic heterocycles. The lowest BCUT2D eigenvalue weighted by Crippen LogP contribution is -2.33. The minimum absolute atomic E-state index is 0.438. The summed E-state index contributed by atoms with van der Waals surface area (Å²) in [6.45, 7) is 3.16. The number of anilines is 1. The molecule has 0 aliphatic carbocycles. The van der Waals surface area contributed by atoms with Crippen LogP contribution < -0.4 is 5.73 Å². The van der Waals surface area contributed by atoms with Crippen LogP contribution in [0.3, 0.4) is 0 Å². The van der Waals surface area contributed by atoms with Gasteiger partial charge in [0.05, 0.1) is 6.10 Å². The first-order valence-corrected chi connectivity index (χ1v) is 5.78. The zero-order valence-corrected chi connectivity index (χ0v) is 9.28. The molecule has 1 aromatic rings. The van der Waals surface area contributed by atoms with Crippen molar-refractivity contribution in [2.75, 3.05) is 12.3 Å². The molecule has 0 radical (unpaired) electrons. The molecular weight excluding hydrogens is 186 g/mol. The fourth-order valence-corrected chi connectivity index (χ4v) is 2.19. The van der Waals surface area contributed by atoms with Gasteiger partial charge in [-0.05, 0) is 30.5 Å². The second-order valence-electron chi connectivity index (χ2n) is 4.26. The first kappa shape index (κ1) is 10.5. The van der Waals surface area contributed by atoms with Crippen molar-refractivity contribution in [2.45, 2.75) is 38.2 Å². The van der Waals surface area contributed by atoms with E-state index in [1.807, 2.05) is 12.1 Å². The maximum atomic E-state index is 5.69. The molecule has 1 aliphatic rings. The first-order valence-electron chi connectivity index (χ1n) is 5.78. The van der Waals surface area contributed by atoms with E-state index < -0.39 is 0 Å². The van der Waals surface area contributed by atoms with Crippen LogP contribution in [0.15, 0.2) is 24.3 Å². The second kappa shape index (κ2) is 4.67. The minimum Gasteiger partial charge on any atom is -0.399 e. The molecular formula is C13H19NO. The van der Waals surface area contributed by atoms with Crippen LogP contribution in [-0.4, -0.2) is 12.7 Å². The van der Waals surface area contributed by atoms with E-state index in [0.29, 0.717) is 12.0 Å². The predicted molar refractivity (Wildman–Crippen MR) is 62.9 cm³/mol. The molecule has 1 saturated heterocycles. The summed E-state index contributed by atoms with van der Waals surface area (Å²) in [6, 6.07) is 8.24. The Labute approximate surface area is 91.4 Å². The van der Waals surface area contributed by atoms with Crippen LogP contribution in [0.5, 0.6) is 0 Å². The third-order valence-corrected chi connectivity index (χ3v) is 3.15. The van der Waals surface area contributed by atoms with Crippen LogP contribution in [0.1, 0.15) is 37.7 Å². The molecule has 0 saturated carbocycles. The van der Waals surface area contributed by atoms with Crippen molar-refractivity contribution in [2.24, 2.45) is 0 Å². The predicted octanol–water partition coefficient (Wildman–Crippen LogP) is 2.94. The summed E-state index contributed by atoms with van der Waals surface area (Å²) in [5.74, 6) is 0.560. The molecule has 1 aromatic carbocycles. The summed E-state index contributed by atoms with van der Waals surface area (Å²) < 4.78 is 5.60. The zero-order chi connectivity index (χ0) is 10.7.